The zero-order valence-electron chi connectivity index (χ0n) is 9.32. The molecule has 0 amide bonds. The van der Waals surface area contributed by atoms with Crippen molar-refractivity contribution in [3.8, 4) is 0 Å². The molecular weight excluding hydrogens is 205 g/mol. The van der Waals surface area contributed by atoms with E-state index in [2.05, 4.69) is 0 Å². The average Bonchev–Trinajstić information content (AvgIpc) is 2.00. The fourth-order valence-corrected chi connectivity index (χ4v) is 2.31. The van der Waals surface area contributed by atoms with Crippen LogP contribution in [0.4, 0.5) is 13.2 Å². The highest BCUT2D eigenvalue weighted by Crippen LogP contribution is 2.47. The largest absolute Gasteiger partial charge is 0.392 e. The van der Waals surface area contributed by atoms with E-state index in [1.54, 1.807) is 20.8 Å². The van der Waals surface area contributed by atoms with Crippen LogP contribution in [0.2, 0.25) is 0 Å². The Labute approximate surface area is 88.0 Å². The van der Waals surface area contributed by atoms with Gasteiger partial charge in [0.1, 0.15) is 5.78 Å². The summed E-state index contributed by atoms with van der Waals surface area (Å²) in [6, 6.07) is 0. The van der Waals surface area contributed by atoms with Crippen molar-refractivity contribution >= 4 is 5.78 Å². The SMILES string of the molecule is CC(C)(C)C1CC(=O)CCC1C(F)(F)F. The Morgan fingerprint density at radius 2 is 1.67 bits per heavy atom. The van der Waals surface area contributed by atoms with Gasteiger partial charge in [-0.2, -0.15) is 13.2 Å². The number of Topliss-reactive ketones (excluding diaryl/α,β-unsaturated/α-hetero) is 1. The quantitative estimate of drug-likeness (QED) is 0.612. The molecule has 2 unspecified atom stereocenters. The lowest BCUT2D eigenvalue weighted by molar-refractivity contribution is -0.206. The van der Waals surface area contributed by atoms with Gasteiger partial charge in [0, 0.05) is 12.8 Å². The van der Waals surface area contributed by atoms with Gasteiger partial charge in [-0.3, -0.25) is 4.79 Å². The van der Waals surface area contributed by atoms with E-state index in [1.165, 1.54) is 0 Å². The van der Waals surface area contributed by atoms with Crippen LogP contribution >= 0.6 is 0 Å². The molecule has 0 aromatic carbocycles. The molecule has 88 valence electrons. The molecule has 0 spiro atoms. The number of hydrogen-bond donors (Lipinski definition) is 0. The Balaban J connectivity index is 2.90. The molecule has 0 radical (unpaired) electrons. The van der Waals surface area contributed by atoms with Crippen molar-refractivity contribution in [3.05, 3.63) is 0 Å². The summed E-state index contributed by atoms with van der Waals surface area (Å²) in [6.07, 6.45) is -4.05. The highest BCUT2D eigenvalue weighted by atomic mass is 19.4. The molecule has 1 saturated carbocycles. The van der Waals surface area contributed by atoms with Crippen LogP contribution in [0.1, 0.15) is 40.0 Å². The van der Waals surface area contributed by atoms with Crippen LogP contribution in [0.3, 0.4) is 0 Å². The first-order valence-corrected chi connectivity index (χ1v) is 5.21. The molecule has 1 fully saturated rings. The van der Waals surface area contributed by atoms with Gasteiger partial charge in [0.2, 0.25) is 0 Å². The molecule has 1 rings (SSSR count). The van der Waals surface area contributed by atoms with Crippen molar-refractivity contribution in [1.29, 1.82) is 0 Å². The fourth-order valence-electron chi connectivity index (χ4n) is 2.31. The van der Waals surface area contributed by atoms with Crippen LogP contribution < -0.4 is 0 Å². The minimum absolute atomic E-state index is 0.0320. The van der Waals surface area contributed by atoms with Gasteiger partial charge in [0.25, 0.3) is 0 Å². The van der Waals surface area contributed by atoms with Gasteiger partial charge in [-0.25, -0.2) is 0 Å². The molecule has 0 saturated heterocycles. The standard InChI is InChI=1S/C11H17F3O/c1-10(2,3)9-6-7(15)4-5-8(9)11(12,13)14/h8-9H,4-6H2,1-3H3. The van der Waals surface area contributed by atoms with E-state index in [1.807, 2.05) is 0 Å². The Bertz CT molecular complexity index is 250. The van der Waals surface area contributed by atoms with E-state index in [4.69, 9.17) is 0 Å². The van der Waals surface area contributed by atoms with Crippen molar-refractivity contribution < 1.29 is 18.0 Å². The lowest BCUT2D eigenvalue weighted by Gasteiger charge is -2.40. The smallest absolute Gasteiger partial charge is 0.300 e. The van der Waals surface area contributed by atoms with Crippen LogP contribution in [-0.2, 0) is 4.79 Å². The average molecular weight is 222 g/mol. The van der Waals surface area contributed by atoms with Crippen LogP contribution in [0, 0.1) is 17.3 Å². The van der Waals surface area contributed by atoms with Gasteiger partial charge >= 0.3 is 6.18 Å². The molecule has 0 bridgehead atoms. The summed E-state index contributed by atoms with van der Waals surface area (Å²) in [6.45, 7) is 5.32. The van der Waals surface area contributed by atoms with Gasteiger partial charge in [-0.1, -0.05) is 20.8 Å². The van der Waals surface area contributed by atoms with E-state index in [0.717, 1.165) is 0 Å². The van der Waals surface area contributed by atoms with Crippen molar-refractivity contribution in [1.82, 2.24) is 0 Å². The van der Waals surface area contributed by atoms with E-state index >= 15 is 0 Å². The van der Waals surface area contributed by atoms with E-state index in [-0.39, 0.29) is 25.0 Å². The highest BCUT2D eigenvalue weighted by molar-refractivity contribution is 5.79. The molecule has 1 nitrogen and oxygen atoms in total. The van der Waals surface area contributed by atoms with Gasteiger partial charge in [-0.15, -0.1) is 0 Å². The Hall–Kier alpha value is -0.540. The Kier molecular flexibility index (Phi) is 3.17. The first-order valence-electron chi connectivity index (χ1n) is 5.21. The second kappa shape index (κ2) is 3.80. The third-order valence-corrected chi connectivity index (χ3v) is 3.20. The molecule has 0 aliphatic heterocycles. The van der Waals surface area contributed by atoms with Crippen LogP contribution in [0.15, 0.2) is 0 Å². The molecule has 1 aliphatic rings. The summed E-state index contributed by atoms with van der Waals surface area (Å²) in [5.41, 5.74) is -0.462. The number of hydrogen-bond acceptors (Lipinski definition) is 1. The van der Waals surface area contributed by atoms with Crippen molar-refractivity contribution in [2.45, 2.75) is 46.2 Å². The summed E-state index contributed by atoms with van der Waals surface area (Å²) < 4.78 is 38.2. The highest BCUT2D eigenvalue weighted by Gasteiger charge is 2.50. The van der Waals surface area contributed by atoms with Crippen LogP contribution in [-0.4, -0.2) is 12.0 Å². The van der Waals surface area contributed by atoms with Gasteiger partial charge < -0.3 is 0 Å². The van der Waals surface area contributed by atoms with E-state index < -0.39 is 23.4 Å². The minimum Gasteiger partial charge on any atom is -0.300 e. The third-order valence-electron chi connectivity index (χ3n) is 3.20. The van der Waals surface area contributed by atoms with E-state index in [9.17, 15) is 18.0 Å². The molecule has 0 aromatic rings. The monoisotopic (exact) mass is 222 g/mol. The summed E-state index contributed by atoms with van der Waals surface area (Å²) in [4.78, 5) is 11.2. The summed E-state index contributed by atoms with van der Waals surface area (Å²) in [5, 5.41) is 0. The Morgan fingerprint density at radius 3 is 2.07 bits per heavy atom. The number of rotatable bonds is 0. The maximum absolute atomic E-state index is 12.7. The predicted molar refractivity (Wildman–Crippen MR) is 51.3 cm³/mol. The van der Waals surface area contributed by atoms with Crippen molar-refractivity contribution in [2.75, 3.05) is 0 Å². The summed E-state index contributed by atoms with van der Waals surface area (Å²) in [7, 11) is 0. The second-order valence-corrected chi connectivity index (χ2v) is 5.40. The zero-order chi connectivity index (χ0) is 11.9. The zero-order valence-corrected chi connectivity index (χ0v) is 9.32. The topological polar surface area (TPSA) is 17.1 Å². The summed E-state index contributed by atoms with van der Waals surface area (Å²) in [5.74, 6) is -1.91. The van der Waals surface area contributed by atoms with Gasteiger partial charge in [0.15, 0.2) is 0 Å². The maximum atomic E-state index is 12.7. The maximum Gasteiger partial charge on any atom is 0.392 e. The fraction of sp³-hybridized carbons (Fsp3) is 0.909. The molecule has 0 aromatic heterocycles. The van der Waals surface area contributed by atoms with Crippen molar-refractivity contribution in [3.63, 3.8) is 0 Å². The second-order valence-electron chi connectivity index (χ2n) is 5.40. The number of carbonyl (C=O) groups excluding carboxylic acids is 1. The lowest BCUT2D eigenvalue weighted by Crippen LogP contribution is -2.41. The number of alkyl halides is 3. The van der Waals surface area contributed by atoms with Crippen LogP contribution in [0.25, 0.3) is 0 Å². The molecule has 1 aliphatic carbocycles. The van der Waals surface area contributed by atoms with Gasteiger partial charge in [0.05, 0.1) is 5.92 Å². The summed E-state index contributed by atoms with van der Waals surface area (Å²) >= 11 is 0. The lowest BCUT2D eigenvalue weighted by atomic mass is 9.66. The predicted octanol–water partition coefficient (Wildman–Crippen LogP) is 3.58. The molecule has 0 N–H and O–H groups in total. The normalized spacial score (nSPS) is 29.3. The molecule has 0 heterocycles. The van der Waals surface area contributed by atoms with E-state index in [0.29, 0.717) is 0 Å². The van der Waals surface area contributed by atoms with Gasteiger partial charge in [-0.05, 0) is 17.8 Å². The molecule has 4 heteroatoms. The number of carbonyl (C=O) groups is 1. The van der Waals surface area contributed by atoms with Crippen molar-refractivity contribution in [2.24, 2.45) is 17.3 Å². The minimum atomic E-state index is -4.17. The van der Waals surface area contributed by atoms with Crippen LogP contribution in [0.5, 0.6) is 0 Å². The molecule has 2 atom stereocenters. The first kappa shape index (κ1) is 12.5. The molecule has 15 heavy (non-hydrogen) atoms. The number of ketones is 1. The third kappa shape index (κ3) is 2.95. The Morgan fingerprint density at radius 1 is 1.13 bits per heavy atom. The number of halogens is 3. The first-order chi connectivity index (χ1) is 6.62. The molecular formula is C11H17F3O.